The fraction of sp³-hybridized carbons (Fsp3) is 0.412. The summed E-state index contributed by atoms with van der Waals surface area (Å²) < 4.78 is 0. The molecule has 2 aromatic rings. The monoisotopic (exact) mass is 328 g/mol. The van der Waals surface area contributed by atoms with Crippen LogP contribution in [0.4, 0.5) is 5.69 Å². The van der Waals surface area contributed by atoms with Crippen molar-refractivity contribution in [1.29, 1.82) is 0 Å². The topological polar surface area (TPSA) is 71.2 Å². The van der Waals surface area contributed by atoms with Crippen molar-refractivity contribution in [2.45, 2.75) is 18.9 Å². The molecule has 1 aromatic carbocycles. The van der Waals surface area contributed by atoms with E-state index in [1.165, 1.54) is 37.3 Å². The van der Waals surface area contributed by atoms with Gasteiger partial charge in [-0.25, -0.2) is 4.98 Å². The summed E-state index contributed by atoms with van der Waals surface area (Å²) in [5.74, 6) is 0.614. The van der Waals surface area contributed by atoms with Gasteiger partial charge in [0.25, 0.3) is 5.91 Å². The molecule has 0 saturated carbocycles. The minimum Gasteiger partial charge on any atom is -0.398 e. The van der Waals surface area contributed by atoms with E-state index in [-0.39, 0.29) is 11.9 Å². The maximum absolute atomic E-state index is 12.5. The van der Waals surface area contributed by atoms with Crippen LogP contribution in [-0.2, 0) is 0 Å². The number of para-hydroxylation sites is 1. The molecule has 3 fully saturated rings. The first-order valence-corrected chi connectivity index (χ1v) is 8.86. The Morgan fingerprint density at radius 1 is 1.30 bits per heavy atom. The highest BCUT2D eigenvalue weighted by Crippen LogP contribution is 2.31. The van der Waals surface area contributed by atoms with E-state index in [1.54, 1.807) is 6.20 Å². The number of anilines is 1. The van der Waals surface area contributed by atoms with Gasteiger partial charge in [-0.2, -0.15) is 0 Å². The Morgan fingerprint density at radius 2 is 2.09 bits per heavy atom. The molecule has 2 bridgehead atoms. The Balaban J connectivity index is 1.48. The number of aromatic nitrogens is 1. The number of nitrogen functional groups attached to an aromatic ring is 1. The largest absolute Gasteiger partial charge is 0.398 e. The quantitative estimate of drug-likeness (QED) is 0.848. The van der Waals surface area contributed by atoms with Gasteiger partial charge < -0.3 is 16.0 Å². The van der Waals surface area contributed by atoms with Crippen LogP contribution < -0.4 is 11.1 Å². The SMILES string of the molecule is Nc1ccccc1-c1ncc(C(=O)N[C@H]2CN3CCC2CC3)s1. The Hall–Kier alpha value is -1.92. The summed E-state index contributed by atoms with van der Waals surface area (Å²) in [4.78, 5) is 20.0. The predicted octanol–water partition coefficient (Wildman–Crippen LogP) is 2.22. The number of piperidine rings is 3. The zero-order valence-electron chi connectivity index (χ0n) is 12.9. The second-order valence-corrected chi connectivity index (χ2v) is 7.37. The standard InChI is InChI=1S/C17H20N4OS/c18-13-4-2-1-3-12(13)17-19-9-15(23-17)16(22)20-14-10-21-7-5-11(14)6-8-21/h1-4,9,11,14H,5-8,10,18H2,(H,20,22)/t14-/m0/s1. The summed E-state index contributed by atoms with van der Waals surface area (Å²) in [6.07, 6.45) is 4.04. The van der Waals surface area contributed by atoms with Crippen molar-refractivity contribution in [3.8, 4) is 10.6 Å². The summed E-state index contributed by atoms with van der Waals surface area (Å²) in [7, 11) is 0. The average Bonchev–Trinajstić information content (AvgIpc) is 3.06. The molecule has 5 nitrogen and oxygen atoms in total. The van der Waals surface area contributed by atoms with E-state index in [9.17, 15) is 4.79 Å². The van der Waals surface area contributed by atoms with Crippen LogP contribution in [0.3, 0.4) is 0 Å². The second kappa shape index (κ2) is 5.94. The summed E-state index contributed by atoms with van der Waals surface area (Å²) >= 11 is 1.40. The minimum absolute atomic E-state index is 0.0120. The Labute approximate surface area is 139 Å². The van der Waals surface area contributed by atoms with E-state index >= 15 is 0 Å². The van der Waals surface area contributed by atoms with Crippen LogP contribution in [0.25, 0.3) is 10.6 Å². The Kier molecular flexibility index (Phi) is 3.79. The molecule has 120 valence electrons. The molecular weight excluding hydrogens is 308 g/mol. The van der Waals surface area contributed by atoms with Crippen LogP contribution in [0, 0.1) is 5.92 Å². The summed E-state index contributed by atoms with van der Waals surface area (Å²) in [5, 5.41) is 4.00. The lowest BCUT2D eigenvalue weighted by Crippen LogP contribution is -2.57. The number of benzene rings is 1. The van der Waals surface area contributed by atoms with E-state index in [0.717, 1.165) is 17.1 Å². The summed E-state index contributed by atoms with van der Waals surface area (Å²) in [5.41, 5.74) is 7.56. The highest BCUT2D eigenvalue weighted by Gasteiger charge is 2.35. The van der Waals surface area contributed by atoms with Gasteiger partial charge in [-0.3, -0.25) is 4.79 Å². The summed E-state index contributed by atoms with van der Waals surface area (Å²) in [6, 6.07) is 7.89. The third-order valence-electron chi connectivity index (χ3n) is 4.89. The number of nitrogens with two attached hydrogens (primary N) is 1. The molecule has 0 unspecified atom stereocenters. The number of hydrogen-bond acceptors (Lipinski definition) is 5. The number of hydrogen-bond donors (Lipinski definition) is 2. The van der Waals surface area contributed by atoms with Crippen LogP contribution >= 0.6 is 11.3 Å². The van der Waals surface area contributed by atoms with Gasteiger partial charge in [-0.15, -0.1) is 11.3 Å². The van der Waals surface area contributed by atoms with Gasteiger partial charge in [0, 0.05) is 23.8 Å². The zero-order chi connectivity index (χ0) is 15.8. The van der Waals surface area contributed by atoms with Crippen molar-refractivity contribution in [2.75, 3.05) is 25.4 Å². The van der Waals surface area contributed by atoms with Gasteiger partial charge in [-0.1, -0.05) is 12.1 Å². The zero-order valence-corrected chi connectivity index (χ0v) is 13.7. The first kappa shape index (κ1) is 14.7. The Bertz CT molecular complexity index is 721. The third kappa shape index (κ3) is 2.84. The van der Waals surface area contributed by atoms with Crippen molar-refractivity contribution in [3.05, 3.63) is 35.3 Å². The van der Waals surface area contributed by atoms with Gasteiger partial charge in [0.2, 0.25) is 0 Å². The summed E-state index contributed by atoms with van der Waals surface area (Å²) in [6.45, 7) is 3.33. The average molecular weight is 328 g/mol. The number of amides is 1. The molecule has 1 atom stereocenters. The number of carbonyl (C=O) groups is 1. The number of nitrogens with zero attached hydrogens (tertiary/aromatic N) is 2. The van der Waals surface area contributed by atoms with Gasteiger partial charge in [0.1, 0.15) is 9.88 Å². The molecule has 0 radical (unpaired) electrons. The fourth-order valence-corrected chi connectivity index (χ4v) is 4.43. The number of nitrogens with one attached hydrogen (secondary N) is 1. The van der Waals surface area contributed by atoms with E-state index < -0.39 is 0 Å². The predicted molar refractivity (Wildman–Crippen MR) is 92.4 cm³/mol. The molecule has 3 saturated heterocycles. The molecule has 0 aliphatic carbocycles. The van der Waals surface area contributed by atoms with Crippen molar-refractivity contribution in [2.24, 2.45) is 5.92 Å². The molecule has 5 rings (SSSR count). The maximum Gasteiger partial charge on any atom is 0.263 e. The first-order chi connectivity index (χ1) is 11.2. The molecule has 3 N–H and O–H groups in total. The highest BCUT2D eigenvalue weighted by molar-refractivity contribution is 7.17. The molecular formula is C17H20N4OS. The number of carbonyl (C=O) groups excluding carboxylic acids is 1. The smallest absolute Gasteiger partial charge is 0.263 e. The van der Waals surface area contributed by atoms with Crippen LogP contribution in [0.15, 0.2) is 30.5 Å². The third-order valence-corrected chi connectivity index (χ3v) is 5.92. The van der Waals surface area contributed by atoms with E-state index in [4.69, 9.17) is 5.73 Å². The minimum atomic E-state index is -0.0120. The lowest BCUT2D eigenvalue weighted by atomic mass is 9.84. The molecule has 1 aromatic heterocycles. The van der Waals surface area contributed by atoms with Crippen molar-refractivity contribution < 1.29 is 4.79 Å². The Morgan fingerprint density at radius 3 is 2.78 bits per heavy atom. The maximum atomic E-state index is 12.5. The second-order valence-electron chi connectivity index (χ2n) is 6.33. The lowest BCUT2D eigenvalue weighted by molar-refractivity contribution is 0.0622. The van der Waals surface area contributed by atoms with Crippen LogP contribution in [0.5, 0.6) is 0 Å². The van der Waals surface area contributed by atoms with E-state index in [1.807, 2.05) is 24.3 Å². The van der Waals surface area contributed by atoms with Crippen LogP contribution in [0.2, 0.25) is 0 Å². The van der Waals surface area contributed by atoms with Crippen molar-refractivity contribution in [1.82, 2.24) is 15.2 Å². The molecule has 3 aliphatic rings. The van der Waals surface area contributed by atoms with Gasteiger partial charge in [0.05, 0.1) is 6.20 Å². The van der Waals surface area contributed by atoms with Crippen LogP contribution in [0.1, 0.15) is 22.5 Å². The fourth-order valence-electron chi connectivity index (χ4n) is 3.56. The van der Waals surface area contributed by atoms with Crippen molar-refractivity contribution >= 4 is 22.9 Å². The number of fused-ring (bicyclic) bond motifs is 3. The molecule has 6 heteroatoms. The number of rotatable bonds is 3. The molecule has 23 heavy (non-hydrogen) atoms. The molecule has 1 amide bonds. The van der Waals surface area contributed by atoms with E-state index in [0.29, 0.717) is 16.5 Å². The van der Waals surface area contributed by atoms with Crippen LogP contribution in [-0.4, -0.2) is 41.5 Å². The van der Waals surface area contributed by atoms with E-state index in [2.05, 4.69) is 15.2 Å². The first-order valence-electron chi connectivity index (χ1n) is 8.04. The number of thiazole rings is 1. The van der Waals surface area contributed by atoms with Crippen molar-refractivity contribution in [3.63, 3.8) is 0 Å². The molecule has 3 aliphatic heterocycles. The molecule has 0 spiro atoms. The normalized spacial score (nSPS) is 26.2. The molecule has 4 heterocycles. The van der Waals surface area contributed by atoms with Gasteiger partial charge in [-0.05, 0) is 44.0 Å². The van der Waals surface area contributed by atoms with Gasteiger partial charge in [0.15, 0.2) is 0 Å². The lowest BCUT2D eigenvalue weighted by Gasteiger charge is -2.44. The highest BCUT2D eigenvalue weighted by atomic mass is 32.1. The van der Waals surface area contributed by atoms with Gasteiger partial charge >= 0.3 is 0 Å².